The second kappa shape index (κ2) is 8.51. The van der Waals surface area contributed by atoms with Crippen LogP contribution in [0, 0.1) is 6.92 Å². The van der Waals surface area contributed by atoms with E-state index in [4.69, 9.17) is 27.9 Å². The molecule has 3 rings (SSSR count). The smallest absolute Gasteiger partial charge is 0.181 e. The van der Waals surface area contributed by atoms with E-state index in [0.717, 1.165) is 25.1 Å². The monoisotopic (exact) mass is 424 g/mol. The lowest BCUT2D eigenvalue weighted by atomic mass is 10.2. The van der Waals surface area contributed by atoms with Gasteiger partial charge in [-0.25, -0.2) is 4.68 Å². The number of aromatic nitrogens is 2. The highest BCUT2D eigenvalue weighted by molar-refractivity contribution is 6.34. The molecule has 0 radical (unpaired) electrons. The minimum absolute atomic E-state index is 0.193. The fraction of sp³-hybridized carbons (Fsp3) is 0.421. The number of halogens is 2. The number of ether oxygens (including phenoxy) is 1. The zero-order valence-corrected chi connectivity index (χ0v) is 17.5. The maximum Gasteiger partial charge on any atom is 0.181 e. The van der Waals surface area contributed by atoms with Crippen LogP contribution in [-0.4, -0.2) is 60.0 Å². The summed E-state index contributed by atoms with van der Waals surface area (Å²) < 4.78 is 6.82. The number of ketones is 1. The van der Waals surface area contributed by atoms with Crippen molar-refractivity contribution in [2.24, 2.45) is 0 Å². The van der Waals surface area contributed by atoms with E-state index in [1.165, 1.54) is 11.6 Å². The van der Waals surface area contributed by atoms with E-state index in [1.807, 2.05) is 23.1 Å². The second-order valence-electron chi connectivity index (χ2n) is 6.64. The maximum atomic E-state index is 11.8. The van der Waals surface area contributed by atoms with Crippen molar-refractivity contribution in [3.8, 4) is 5.75 Å². The molecule has 7 nitrogen and oxygen atoms in total. The van der Waals surface area contributed by atoms with Gasteiger partial charge in [-0.3, -0.25) is 14.5 Å². The molecule has 1 unspecified atom stereocenters. The van der Waals surface area contributed by atoms with Crippen molar-refractivity contribution >= 4 is 41.0 Å². The molecule has 0 bridgehead atoms. The molecule has 1 aliphatic rings. The van der Waals surface area contributed by atoms with Crippen LogP contribution < -0.4 is 9.64 Å². The molecular weight excluding hydrogens is 403 g/mol. The van der Waals surface area contributed by atoms with Crippen molar-refractivity contribution in [3.63, 3.8) is 0 Å². The van der Waals surface area contributed by atoms with Crippen LogP contribution in [0.3, 0.4) is 0 Å². The summed E-state index contributed by atoms with van der Waals surface area (Å²) in [5.74, 6) is 0.406. The van der Waals surface area contributed by atoms with Crippen molar-refractivity contribution in [3.05, 3.63) is 39.6 Å². The van der Waals surface area contributed by atoms with Crippen molar-refractivity contribution in [1.82, 2.24) is 14.7 Å². The standard InChI is InChI=1S/C19H22Cl2N4O3/c1-12-18(21)19(13(2)27)22-25(12)17(11-26)24-8-6-23(7-9-24)14-4-5-15(20)16(10-14)28-3/h4-5,10-11,17H,6-9H2,1-3H3. The first-order chi connectivity index (χ1) is 13.4. The van der Waals surface area contributed by atoms with Crippen molar-refractivity contribution in [2.45, 2.75) is 20.0 Å². The Morgan fingerprint density at radius 3 is 2.46 bits per heavy atom. The summed E-state index contributed by atoms with van der Waals surface area (Å²) in [6, 6.07) is 5.68. The Kier molecular flexibility index (Phi) is 6.27. The fourth-order valence-corrected chi connectivity index (χ4v) is 3.82. The Bertz CT molecular complexity index is 892. The highest BCUT2D eigenvalue weighted by Crippen LogP contribution is 2.30. The maximum absolute atomic E-state index is 11.8. The van der Waals surface area contributed by atoms with Gasteiger partial charge in [0.2, 0.25) is 0 Å². The van der Waals surface area contributed by atoms with E-state index in [2.05, 4.69) is 10.00 Å². The van der Waals surface area contributed by atoms with Gasteiger partial charge in [0.1, 0.15) is 11.4 Å². The van der Waals surface area contributed by atoms with Gasteiger partial charge < -0.3 is 9.64 Å². The molecule has 0 N–H and O–H groups in total. The number of aldehydes is 1. The number of carbonyl (C=O) groups is 2. The number of hydrogen-bond donors (Lipinski definition) is 0. The molecule has 9 heteroatoms. The lowest BCUT2D eigenvalue weighted by Crippen LogP contribution is -2.49. The van der Waals surface area contributed by atoms with Gasteiger partial charge >= 0.3 is 0 Å². The molecule has 1 atom stereocenters. The number of anilines is 1. The minimum Gasteiger partial charge on any atom is -0.495 e. The number of methoxy groups -OCH3 is 1. The van der Waals surface area contributed by atoms with E-state index in [-0.39, 0.29) is 11.5 Å². The predicted molar refractivity (Wildman–Crippen MR) is 109 cm³/mol. The normalized spacial score (nSPS) is 16.1. The minimum atomic E-state index is -0.604. The Morgan fingerprint density at radius 2 is 1.93 bits per heavy atom. The second-order valence-corrected chi connectivity index (χ2v) is 7.43. The van der Waals surface area contributed by atoms with Gasteiger partial charge in [-0.05, 0) is 19.1 Å². The van der Waals surface area contributed by atoms with Crippen molar-refractivity contribution in [1.29, 1.82) is 0 Å². The third kappa shape index (κ3) is 3.87. The third-order valence-electron chi connectivity index (χ3n) is 4.97. The largest absolute Gasteiger partial charge is 0.495 e. The van der Waals surface area contributed by atoms with E-state index < -0.39 is 6.17 Å². The first-order valence-corrected chi connectivity index (χ1v) is 9.66. The number of carbonyl (C=O) groups excluding carboxylic acids is 2. The van der Waals surface area contributed by atoms with Crippen LogP contribution in [0.25, 0.3) is 0 Å². The van der Waals surface area contributed by atoms with E-state index >= 15 is 0 Å². The van der Waals surface area contributed by atoms with Crippen LogP contribution >= 0.6 is 23.2 Å². The van der Waals surface area contributed by atoms with Crippen LogP contribution in [-0.2, 0) is 4.79 Å². The number of nitrogens with zero attached hydrogens (tertiary/aromatic N) is 4. The van der Waals surface area contributed by atoms with Crippen molar-refractivity contribution < 1.29 is 14.3 Å². The lowest BCUT2D eigenvalue weighted by molar-refractivity contribution is -0.116. The zero-order chi connectivity index (χ0) is 20.4. The Labute approximate surface area is 173 Å². The summed E-state index contributed by atoms with van der Waals surface area (Å²) >= 11 is 12.3. The molecule has 0 spiro atoms. The van der Waals surface area contributed by atoms with Crippen LogP contribution in [0.2, 0.25) is 10.0 Å². The number of benzene rings is 1. The summed E-state index contributed by atoms with van der Waals surface area (Å²) in [6.07, 6.45) is 0.230. The molecule has 1 aromatic heterocycles. The van der Waals surface area contributed by atoms with Gasteiger partial charge in [0.05, 0.1) is 22.8 Å². The quantitative estimate of drug-likeness (QED) is 0.523. The highest BCUT2D eigenvalue weighted by atomic mass is 35.5. The van der Waals surface area contributed by atoms with Crippen LogP contribution in [0.5, 0.6) is 5.75 Å². The number of piperazine rings is 1. The molecule has 28 heavy (non-hydrogen) atoms. The molecule has 0 amide bonds. The highest BCUT2D eigenvalue weighted by Gasteiger charge is 2.29. The fourth-order valence-electron chi connectivity index (χ4n) is 3.37. The van der Waals surface area contributed by atoms with Gasteiger partial charge in [0, 0.05) is 44.9 Å². The Balaban J connectivity index is 1.75. The van der Waals surface area contributed by atoms with Gasteiger partial charge in [0.25, 0.3) is 0 Å². The predicted octanol–water partition coefficient (Wildman–Crippen LogP) is 3.23. The summed E-state index contributed by atoms with van der Waals surface area (Å²) in [7, 11) is 1.59. The molecule has 0 aliphatic carbocycles. The summed E-state index contributed by atoms with van der Waals surface area (Å²) in [4.78, 5) is 27.8. The van der Waals surface area contributed by atoms with Crippen molar-refractivity contribution in [2.75, 3.05) is 38.2 Å². The zero-order valence-electron chi connectivity index (χ0n) is 16.0. The first-order valence-electron chi connectivity index (χ1n) is 8.90. The first kappa shape index (κ1) is 20.6. The van der Waals surface area contributed by atoms with Gasteiger partial charge in [0.15, 0.2) is 18.2 Å². The number of Topliss-reactive ketones (excluding diaryl/α,β-unsaturated/α-hetero) is 1. The summed E-state index contributed by atoms with van der Waals surface area (Å²) in [6.45, 7) is 5.93. The van der Waals surface area contributed by atoms with Crippen LogP contribution in [0.4, 0.5) is 5.69 Å². The molecule has 0 saturated carbocycles. The number of hydrogen-bond acceptors (Lipinski definition) is 6. The molecule has 2 heterocycles. The lowest BCUT2D eigenvalue weighted by Gasteiger charge is -2.38. The average molecular weight is 425 g/mol. The molecule has 1 fully saturated rings. The molecule has 150 valence electrons. The molecular formula is C19H22Cl2N4O3. The average Bonchev–Trinajstić information content (AvgIpc) is 2.99. The Hall–Kier alpha value is -2.09. The van der Waals surface area contributed by atoms with Gasteiger partial charge in [-0.2, -0.15) is 5.10 Å². The van der Waals surface area contributed by atoms with E-state index in [9.17, 15) is 9.59 Å². The van der Waals surface area contributed by atoms with Gasteiger partial charge in [-0.15, -0.1) is 0 Å². The van der Waals surface area contributed by atoms with Crippen LogP contribution in [0.1, 0.15) is 29.3 Å². The van der Waals surface area contributed by atoms with E-state index in [0.29, 0.717) is 34.6 Å². The van der Waals surface area contributed by atoms with Crippen LogP contribution in [0.15, 0.2) is 18.2 Å². The molecule has 1 aromatic carbocycles. The molecule has 1 saturated heterocycles. The summed E-state index contributed by atoms with van der Waals surface area (Å²) in [5, 5.41) is 5.15. The topological polar surface area (TPSA) is 67.7 Å². The number of rotatable bonds is 6. The van der Waals surface area contributed by atoms with Gasteiger partial charge in [-0.1, -0.05) is 23.2 Å². The third-order valence-corrected chi connectivity index (χ3v) is 5.74. The SMILES string of the molecule is COc1cc(N2CCN(C(C=O)n3nc(C(C)=O)c(Cl)c3C)CC2)ccc1Cl. The summed E-state index contributed by atoms with van der Waals surface area (Å²) in [5.41, 5.74) is 1.81. The molecule has 1 aliphatic heterocycles. The molecule has 2 aromatic rings. The van der Waals surface area contributed by atoms with E-state index in [1.54, 1.807) is 14.0 Å². The Morgan fingerprint density at radius 1 is 1.25 bits per heavy atom.